The number of pyridine rings is 1. The fourth-order valence-corrected chi connectivity index (χ4v) is 3.96. The summed E-state index contributed by atoms with van der Waals surface area (Å²) in [4.78, 5) is 32.1. The molecule has 4 rings (SSSR count). The Labute approximate surface area is 193 Å². The number of nitrogens with one attached hydrogen (secondary N) is 1. The monoisotopic (exact) mass is 449 g/mol. The number of carbonyl (C=O) groups is 2. The summed E-state index contributed by atoms with van der Waals surface area (Å²) < 4.78 is 7.53. The first-order valence-corrected chi connectivity index (χ1v) is 11.5. The van der Waals surface area contributed by atoms with Crippen LogP contribution in [0.15, 0.2) is 36.5 Å². The topological polar surface area (TPSA) is 89.4 Å². The van der Waals surface area contributed by atoms with Crippen molar-refractivity contribution in [2.75, 3.05) is 25.0 Å². The maximum Gasteiger partial charge on any atom is 0.260 e. The van der Waals surface area contributed by atoms with Gasteiger partial charge in [-0.05, 0) is 50.8 Å². The molecule has 1 aromatic carbocycles. The van der Waals surface area contributed by atoms with Gasteiger partial charge in [-0.2, -0.15) is 5.10 Å². The predicted molar refractivity (Wildman–Crippen MR) is 128 cm³/mol. The molecule has 1 N–H and O–H groups in total. The number of anilines is 1. The van der Waals surface area contributed by atoms with Crippen LogP contribution in [-0.2, 0) is 4.79 Å². The smallest absolute Gasteiger partial charge is 0.260 e. The van der Waals surface area contributed by atoms with Gasteiger partial charge in [0.1, 0.15) is 5.75 Å². The highest BCUT2D eigenvalue weighted by atomic mass is 16.5. The zero-order chi connectivity index (χ0) is 23.5. The van der Waals surface area contributed by atoms with E-state index in [0.29, 0.717) is 28.0 Å². The van der Waals surface area contributed by atoms with Crippen molar-refractivity contribution in [3.8, 4) is 5.75 Å². The number of hydrogen-bond acceptors (Lipinski definition) is 5. The van der Waals surface area contributed by atoms with E-state index in [1.54, 1.807) is 30.5 Å². The number of aromatic nitrogens is 3. The summed E-state index contributed by atoms with van der Waals surface area (Å²) in [5.41, 5.74) is 2.68. The summed E-state index contributed by atoms with van der Waals surface area (Å²) in [5.74, 6) is 0.458. The van der Waals surface area contributed by atoms with Crippen LogP contribution in [0.1, 0.15) is 68.5 Å². The molecule has 0 atom stereocenters. The van der Waals surface area contributed by atoms with Gasteiger partial charge in [0.15, 0.2) is 12.3 Å². The standard InChI is InChI=1S/C25H31N5O3/c1-16(2)22-13-20(21-14-26-30(17(3)4)24(21)28-22)25(32)27-18-8-7-9-19(12-18)33-15-23(31)29-10-5-6-11-29/h7-9,12-14,16-17H,5-6,10-11,15H2,1-4H3,(H,27,32). The Kier molecular flexibility index (Phi) is 6.62. The molecule has 0 bridgehead atoms. The van der Waals surface area contributed by atoms with Crippen LogP contribution in [0.4, 0.5) is 5.69 Å². The summed E-state index contributed by atoms with van der Waals surface area (Å²) in [7, 11) is 0. The quantitative estimate of drug-likeness (QED) is 0.578. The number of hydrogen-bond donors (Lipinski definition) is 1. The summed E-state index contributed by atoms with van der Waals surface area (Å²) in [6.45, 7) is 9.77. The molecule has 8 nitrogen and oxygen atoms in total. The number of carbonyl (C=O) groups excluding carboxylic acids is 2. The van der Waals surface area contributed by atoms with Gasteiger partial charge in [0.25, 0.3) is 11.8 Å². The summed E-state index contributed by atoms with van der Waals surface area (Å²) in [6.07, 6.45) is 3.79. The van der Waals surface area contributed by atoms with Gasteiger partial charge in [-0.15, -0.1) is 0 Å². The molecule has 33 heavy (non-hydrogen) atoms. The molecule has 1 aliphatic rings. The van der Waals surface area contributed by atoms with Gasteiger partial charge in [-0.3, -0.25) is 9.59 Å². The van der Waals surface area contributed by atoms with E-state index < -0.39 is 0 Å². The first kappa shape index (κ1) is 22.8. The predicted octanol–water partition coefficient (Wildman–Crippen LogP) is 4.39. The van der Waals surface area contributed by atoms with Crippen LogP contribution >= 0.6 is 0 Å². The lowest BCUT2D eigenvalue weighted by molar-refractivity contribution is -0.132. The van der Waals surface area contributed by atoms with Crippen LogP contribution in [0.25, 0.3) is 11.0 Å². The van der Waals surface area contributed by atoms with Gasteiger partial charge in [-0.25, -0.2) is 9.67 Å². The maximum absolute atomic E-state index is 13.3. The van der Waals surface area contributed by atoms with Crippen molar-refractivity contribution in [3.63, 3.8) is 0 Å². The van der Waals surface area contributed by atoms with Crippen molar-refractivity contribution < 1.29 is 14.3 Å². The molecule has 0 radical (unpaired) electrons. The van der Waals surface area contributed by atoms with Crippen molar-refractivity contribution in [1.29, 1.82) is 0 Å². The number of rotatable bonds is 7. The number of ether oxygens (including phenoxy) is 1. The molecule has 1 fully saturated rings. The second-order valence-electron chi connectivity index (χ2n) is 9.03. The minimum Gasteiger partial charge on any atom is -0.484 e. The van der Waals surface area contributed by atoms with Crippen LogP contribution in [-0.4, -0.2) is 51.2 Å². The summed E-state index contributed by atoms with van der Waals surface area (Å²) in [5, 5.41) is 8.13. The van der Waals surface area contributed by atoms with Gasteiger partial charge < -0.3 is 15.0 Å². The van der Waals surface area contributed by atoms with Crippen molar-refractivity contribution in [2.45, 2.75) is 52.5 Å². The largest absolute Gasteiger partial charge is 0.484 e. The molecule has 0 unspecified atom stereocenters. The fourth-order valence-electron chi connectivity index (χ4n) is 3.96. The minimum absolute atomic E-state index is 0.00544. The van der Waals surface area contributed by atoms with Crippen molar-refractivity contribution >= 4 is 28.5 Å². The fraction of sp³-hybridized carbons (Fsp3) is 0.440. The third kappa shape index (κ3) is 4.99. The molecule has 2 aromatic heterocycles. The highest BCUT2D eigenvalue weighted by molar-refractivity contribution is 6.12. The van der Waals surface area contributed by atoms with Crippen molar-refractivity contribution in [1.82, 2.24) is 19.7 Å². The minimum atomic E-state index is -0.238. The number of fused-ring (bicyclic) bond motifs is 1. The summed E-state index contributed by atoms with van der Waals surface area (Å²) >= 11 is 0. The van der Waals surface area contributed by atoms with E-state index in [2.05, 4.69) is 24.3 Å². The zero-order valence-electron chi connectivity index (χ0n) is 19.7. The SMILES string of the molecule is CC(C)c1cc(C(=O)Nc2cccc(OCC(=O)N3CCCC3)c2)c2cnn(C(C)C)c2n1. The lowest BCUT2D eigenvalue weighted by Gasteiger charge is -2.16. The van der Waals surface area contributed by atoms with Crippen LogP contribution < -0.4 is 10.1 Å². The van der Waals surface area contributed by atoms with E-state index in [4.69, 9.17) is 9.72 Å². The third-order valence-corrected chi connectivity index (χ3v) is 5.82. The Morgan fingerprint density at radius 1 is 1.12 bits per heavy atom. The molecular formula is C25H31N5O3. The normalized spacial score (nSPS) is 13.8. The Balaban J connectivity index is 1.53. The average Bonchev–Trinajstić information content (AvgIpc) is 3.47. The van der Waals surface area contributed by atoms with Gasteiger partial charge in [0.05, 0.1) is 17.1 Å². The zero-order valence-corrected chi connectivity index (χ0v) is 19.7. The average molecular weight is 450 g/mol. The molecule has 0 saturated carbocycles. The highest BCUT2D eigenvalue weighted by Crippen LogP contribution is 2.26. The van der Waals surface area contributed by atoms with Crippen LogP contribution in [0.3, 0.4) is 0 Å². The Hall–Kier alpha value is -3.42. The van der Waals surface area contributed by atoms with E-state index in [0.717, 1.165) is 31.6 Å². The molecule has 3 aromatic rings. The van der Waals surface area contributed by atoms with Gasteiger partial charge in [-0.1, -0.05) is 19.9 Å². The molecular weight excluding hydrogens is 418 g/mol. The van der Waals surface area contributed by atoms with E-state index in [1.165, 1.54) is 0 Å². The Morgan fingerprint density at radius 3 is 2.58 bits per heavy atom. The van der Waals surface area contributed by atoms with Crippen molar-refractivity contribution in [2.24, 2.45) is 0 Å². The highest BCUT2D eigenvalue weighted by Gasteiger charge is 2.20. The maximum atomic E-state index is 13.3. The van der Waals surface area contributed by atoms with Crippen molar-refractivity contribution in [3.05, 3.63) is 47.8 Å². The molecule has 1 saturated heterocycles. The van der Waals surface area contributed by atoms with E-state index in [-0.39, 0.29) is 30.4 Å². The van der Waals surface area contributed by atoms with E-state index in [9.17, 15) is 9.59 Å². The van der Waals surface area contributed by atoms with E-state index >= 15 is 0 Å². The van der Waals surface area contributed by atoms with Gasteiger partial charge in [0.2, 0.25) is 0 Å². The van der Waals surface area contributed by atoms with Gasteiger partial charge in [0, 0.05) is 36.6 Å². The third-order valence-electron chi connectivity index (χ3n) is 5.82. The lowest BCUT2D eigenvalue weighted by atomic mass is 10.0. The molecule has 3 heterocycles. The first-order valence-electron chi connectivity index (χ1n) is 11.5. The number of nitrogens with zero attached hydrogens (tertiary/aromatic N) is 4. The molecule has 174 valence electrons. The molecule has 2 amide bonds. The molecule has 8 heteroatoms. The van der Waals surface area contributed by atoms with Gasteiger partial charge >= 0.3 is 0 Å². The Bertz CT molecular complexity index is 1160. The number of benzene rings is 1. The van der Waals surface area contributed by atoms with Crippen LogP contribution in [0.2, 0.25) is 0 Å². The molecule has 1 aliphatic heterocycles. The molecule has 0 aliphatic carbocycles. The second-order valence-corrected chi connectivity index (χ2v) is 9.03. The number of amides is 2. The molecule has 0 spiro atoms. The Morgan fingerprint density at radius 2 is 1.88 bits per heavy atom. The van der Waals surface area contributed by atoms with Crippen LogP contribution in [0.5, 0.6) is 5.75 Å². The number of likely N-dealkylation sites (tertiary alicyclic amines) is 1. The summed E-state index contributed by atoms with van der Waals surface area (Å²) in [6, 6.07) is 9.07. The van der Waals surface area contributed by atoms with Crippen LogP contribution in [0, 0.1) is 0 Å². The lowest BCUT2D eigenvalue weighted by Crippen LogP contribution is -2.32. The second kappa shape index (κ2) is 9.60. The first-order chi connectivity index (χ1) is 15.8. The van der Waals surface area contributed by atoms with E-state index in [1.807, 2.05) is 29.5 Å².